The van der Waals surface area contributed by atoms with E-state index in [2.05, 4.69) is 10.6 Å². The summed E-state index contributed by atoms with van der Waals surface area (Å²) in [6.07, 6.45) is 0.214. The molecular formula is C13H15N3O4. The molecule has 20 heavy (non-hydrogen) atoms. The number of hydrogen-bond acceptors (Lipinski definition) is 4. The molecule has 1 atom stereocenters. The Bertz CT molecular complexity index is 527. The van der Waals surface area contributed by atoms with Gasteiger partial charge in [0.05, 0.1) is 5.92 Å². The number of nitrogens with two attached hydrogens (primary N) is 1. The summed E-state index contributed by atoms with van der Waals surface area (Å²) < 4.78 is 5.10. The lowest BCUT2D eigenvalue weighted by Gasteiger charge is -2.10. The Morgan fingerprint density at radius 1 is 1.35 bits per heavy atom. The fraction of sp³-hybridized carbons (Fsp3) is 0.308. The number of hydrogen-bond donors (Lipinski definition) is 3. The van der Waals surface area contributed by atoms with Gasteiger partial charge in [-0.05, 0) is 24.3 Å². The van der Waals surface area contributed by atoms with Gasteiger partial charge in [-0.3, -0.25) is 14.4 Å². The molecule has 1 aliphatic heterocycles. The summed E-state index contributed by atoms with van der Waals surface area (Å²) >= 11 is 0. The van der Waals surface area contributed by atoms with Crippen LogP contribution in [0.3, 0.4) is 0 Å². The van der Waals surface area contributed by atoms with Crippen molar-refractivity contribution in [3.63, 3.8) is 0 Å². The van der Waals surface area contributed by atoms with Crippen LogP contribution >= 0.6 is 0 Å². The van der Waals surface area contributed by atoms with Gasteiger partial charge in [0.25, 0.3) is 5.91 Å². The van der Waals surface area contributed by atoms with Crippen molar-refractivity contribution in [3.8, 4) is 5.75 Å². The van der Waals surface area contributed by atoms with Crippen molar-refractivity contribution < 1.29 is 19.1 Å². The second-order valence-corrected chi connectivity index (χ2v) is 4.47. The van der Waals surface area contributed by atoms with Gasteiger partial charge in [0.2, 0.25) is 11.8 Å². The molecule has 106 valence electrons. The first-order valence-electron chi connectivity index (χ1n) is 6.13. The first-order valence-corrected chi connectivity index (χ1v) is 6.13. The third-order valence-electron chi connectivity index (χ3n) is 2.85. The monoisotopic (exact) mass is 277 g/mol. The molecule has 3 amide bonds. The lowest BCUT2D eigenvalue weighted by Crippen LogP contribution is -2.24. The maximum atomic E-state index is 11.9. The minimum Gasteiger partial charge on any atom is -0.484 e. The molecule has 4 N–H and O–H groups in total. The first-order chi connectivity index (χ1) is 9.54. The number of ether oxygens (including phenoxy) is 1. The van der Waals surface area contributed by atoms with E-state index in [1.165, 1.54) is 0 Å². The van der Waals surface area contributed by atoms with E-state index in [0.717, 1.165) is 0 Å². The number of carbonyl (C=O) groups is 3. The predicted octanol–water partition coefficient (Wildman–Crippen LogP) is -0.375. The standard InChI is InChI=1S/C13H15N3O4/c14-11(17)7-20-10-3-1-9(2-4-10)16-13(19)8-5-12(18)15-6-8/h1-4,8H,5-7H2,(H2,14,17)(H,15,18)(H,16,19). The number of benzene rings is 1. The van der Waals surface area contributed by atoms with Gasteiger partial charge in [0, 0.05) is 18.7 Å². The zero-order valence-electron chi connectivity index (χ0n) is 10.7. The quantitative estimate of drug-likeness (QED) is 0.681. The van der Waals surface area contributed by atoms with E-state index in [4.69, 9.17) is 10.5 Å². The lowest BCUT2D eigenvalue weighted by molar-refractivity contribution is -0.123. The summed E-state index contributed by atoms with van der Waals surface area (Å²) in [6, 6.07) is 6.55. The van der Waals surface area contributed by atoms with Crippen LogP contribution in [-0.4, -0.2) is 30.9 Å². The van der Waals surface area contributed by atoms with Crippen LogP contribution in [0, 0.1) is 5.92 Å². The van der Waals surface area contributed by atoms with Crippen molar-refractivity contribution in [2.24, 2.45) is 11.7 Å². The number of amides is 3. The second-order valence-electron chi connectivity index (χ2n) is 4.47. The average Bonchev–Trinajstić information content (AvgIpc) is 2.85. The lowest BCUT2D eigenvalue weighted by atomic mass is 10.1. The van der Waals surface area contributed by atoms with Crippen LogP contribution < -0.4 is 21.1 Å². The summed E-state index contributed by atoms with van der Waals surface area (Å²) in [6.45, 7) is 0.173. The van der Waals surface area contributed by atoms with Crippen LogP contribution in [-0.2, 0) is 14.4 Å². The zero-order valence-corrected chi connectivity index (χ0v) is 10.7. The summed E-state index contributed by atoms with van der Waals surface area (Å²) in [5.74, 6) is -0.719. The van der Waals surface area contributed by atoms with Gasteiger partial charge < -0.3 is 21.1 Å². The second kappa shape index (κ2) is 6.05. The van der Waals surface area contributed by atoms with E-state index in [0.29, 0.717) is 18.0 Å². The van der Waals surface area contributed by atoms with Crippen molar-refractivity contribution >= 4 is 23.4 Å². The molecule has 1 saturated heterocycles. The third-order valence-corrected chi connectivity index (χ3v) is 2.85. The van der Waals surface area contributed by atoms with Crippen molar-refractivity contribution in [2.75, 3.05) is 18.5 Å². The van der Waals surface area contributed by atoms with E-state index in [1.54, 1.807) is 24.3 Å². The highest BCUT2D eigenvalue weighted by Gasteiger charge is 2.27. The number of primary amides is 1. The molecule has 1 aromatic carbocycles. The van der Waals surface area contributed by atoms with Crippen molar-refractivity contribution in [2.45, 2.75) is 6.42 Å². The van der Waals surface area contributed by atoms with Gasteiger partial charge in [-0.15, -0.1) is 0 Å². The molecule has 1 unspecified atom stereocenters. The Balaban J connectivity index is 1.88. The van der Waals surface area contributed by atoms with Crippen LogP contribution in [0.1, 0.15) is 6.42 Å². The van der Waals surface area contributed by atoms with Gasteiger partial charge in [-0.2, -0.15) is 0 Å². The van der Waals surface area contributed by atoms with Crippen LogP contribution in [0.4, 0.5) is 5.69 Å². The van der Waals surface area contributed by atoms with E-state index >= 15 is 0 Å². The Morgan fingerprint density at radius 3 is 2.60 bits per heavy atom. The molecular weight excluding hydrogens is 262 g/mol. The fourth-order valence-electron chi connectivity index (χ4n) is 1.82. The van der Waals surface area contributed by atoms with Crippen molar-refractivity contribution in [1.29, 1.82) is 0 Å². The van der Waals surface area contributed by atoms with Crippen LogP contribution in [0.15, 0.2) is 24.3 Å². The molecule has 0 aliphatic carbocycles. The maximum Gasteiger partial charge on any atom is 0.255 e. The Morgan fingerprint density at radius 2 is 2.05 bits per heavy atom. The summed E-state index contributed by atoms with van der Waals surface area (Å²) in [4.78, 5) is 33.5. The minimum absolute atomic E-state index is 0.111. The molecule has 0 radical (unpaired) electrons. The van der Waals surface area contributed by atoms with E-state index in [-0.39, 0.29) is 30.8 Å². The number of carbonyl (C=O) groups excluding carboxylic acids is 3. The molecule has 1 fully saturated rings. The predicted molar refractivity (Wildman–Crippen MR) is 70.9 cm³/mol. The SMILES string of the molecule is NC(=O)COc1ccc(NC(=O)C2CNC(=O)C2)cc1. The summed E-state index contributed by atoms with van der Waals surface area (Å²) in [5.41, 5.74) is 5.56. The van der Waals surface area contributed by atoms with E-state index < -0.39 is 5.91 Å². The van der Waals surface area contributed by atoms with Crippen molar-refractivity contribution in [1.82, 2.24) is 5.32 Å². The maximum absolute atomic E-state index is 11.9. The number of anilines is 1. The number of nitrogens with one attached hydrogen (secondary N) is 2. The zero-order chi connectivity index (χ0) is 14.5. The molecule has 7 heteroatoms. The highest BCUT2D eigenvalue weighted by atomic mass is 16.5. The fourth-order valence-corrected chi connectivity index (χ4v) is 1.82. The molecule has 0 saturated carbocycles. The average molecular weight is 277 g/mol. The van der Waals surface area contributed by atoms with Gasteiger partial charge in [0.15, 0.2) is 6.61 Å². The van der Waals surface area contributed by atoms with Gasteiger partial charge >= 0.3 is 0 Å². The molecule has 1 aliphatic rings. The van der Waals surface area contributed by atoms with Crippen LogP contribution in [0.2, 0.25) is 0 Å². The smallest absolute Gasteiger partial charge is 0.255 e. The Hall–Kier alpha value is -2.57. The molecule has 0 aromatic heterocycles. The molecule has 0 bridgehead atoms. The minimum atomic E-state index is -0.555. The molecule has 0 spiro atoms. The van der Waals surface area contributed by atoms with E-state index in [1.807, 2.05) is 0 Å². The van der Waals surface area contributed by atoms with Gasteiger partial charge in [0.1, 0.15) is 5.75 Å². The van der Waals surface area contributed by atoms with E-state index in [9.17, 15) is 14.4 Å². The third kappa shape index (κ3) is 3.71. The van der Waals surface area contributed by atoms with Crippen LogP contribution in [0.5, 0.6) is 5.75 Å². The topological polar surface area (TPSA) is 111 Å². The highest BCUT2D eigenvalue weighted by Crippen LogP contribution is 2.17. The van der Waals surface area contributed by atoms with Crippen LogP contribution in [0.25, 0.3) is 0 Å². The number of rotatable bonds is 5. The molecule has 1 aromatic rings. The molecule has 2 rings (SSSR count). The molecule has 1 heterocycles. The van der Waals surface area contributed by atoms with Crippen molar-refractivity contribution in [3.05, 3.63) is 24.3 Å². The first kappa shape index (κ1) is 13.9. The Kier molecular flexibility index (Phi) is 4.19. The summed E-state index contributed by atoms with van der Waals surface area (Å²) in [7, 11) is 0. The molecule has 7 nitrogen and oxygen atoms in total. The van der Waals surface area contributed by atoms with Gasteiger partial charge in [-0.25, -0.2) is 0 Å². The summed E-state index contributed by atoms with van der Waals surface area (Å²) in [5, 5.41) is 5.33. The highest BCUT2D eigenvalue weighted by molar-refractivity contribution is 5.97. The normalized spacial score (nSPS) is 17.4. The largest absolute Gasteiger partial charge is 0.484 e. The van der Waals surface area contributed by atoms with Gasteiger partial charge in [-0.1, -0.05) is 0 Å². The Labute approximate surface area is 115 Å².